The highest BCUT2D eigenvalue weighted by Gasteiger charge is 2.20. The zero-order chi connectivity index (χ0) is 14.8. The third-order valence-electron chi connectivity index (χ3n) is 2.24. The minimum Gasteiger partial charge on any atom is -0.229 e. The molecular formula is C11H16FNO4S2. The molecule has 1 aromatic rings. The lowest BCUT2D eigenvalue weighted by atomic mass is 10.2. The average Bonchev–Trinajstić information content (AvgIpc) is 2.11. The molecule has 0 amide bonds. The maximum Gasteiger partial charge on any atom is 0.240 e. The van der Waals surface area contributed by atoms with E-state index in [4.69, 9.17) is 0 Å². The molecule has 5 nitrogen and oxygen atoms in total. The number of halogens is 1. The van der Waals surface area contributed by atoms with Crippen LogP contribution in [0.5, 0.6) is 0 Å². The molecule has 108 valence electrons. The summed E-state index contributed by atoms with van der Waals surface area (Å²) < 4.78 is 61.5. The van der Waals surface area contributed by atoms with Crippen LogP contribution in [0.2, 0.25) is 0 Å². The van der Waals surface area contributed by atoms with Crippen molar-refractivity contribution in [1.29, 1.82) is 0 Å². The van der Waals surface area contributed by atoms with Crippen molar-refractivity contribution in [3.8, 4) is 0 Å². The summed E-state index contributed by atoms with van der Waals surface area (Å²) in [5.41, 5.74) is 0.469. The van der Waals surface area contributed by atoms with Crippen LogP contribution in [0.1, 0.15) is 12.5 Å². The predicted octanol–water partition coefficient (Wildman–Crippen LogP) is 0.846. The van der Waals surface area contributed by atoms with E-state index in [0.717, 1.165) is 12.3 Å². The quantitative estimate of drug-likeness (QED) is 0.874. The highest BCUT2D eigenvalue weighted by Crippen LogP contribution is 2.14. The molecule has 1 atom stereocenters. The molecule has 0 radical (unpaired) electrons. The summed E-state index contributed by atoms with van der Waals surface area (Å²) in [4.78, 5) is -0.217. The Morgan fingerprint density at radius 3 is 2.26 bits per heavy atom. The van der Waals surface area contributed by atoms with Crippen molar-refractivity contribution in [2.45, 2.75) is 24.8 Å². The van der Waals surface area contributed by atoms with Crippen molar-refractivity contribution in [2.75, 3.05) is 12.0 Å². The van der Waals surface area contributed by atoms with Crippen molar-refractivity contribution in [2.24, 2.45) is 0 Å². The second-order valence-electron chi connectivity index (χ2n) is 4.58. The van der Waals surface area contributed by atoms with Gasteiger partial charge in [0.15, 0.2) is 0 Å². The lowest BCUT2D eigenvalue weighted by Crippen LogP contribution is -2.37. The average molecular weight is 309 g/mol. The van der Waals surface area contributed by atoms with Crippen LogP contribution in [0.4, 0.5) is 4.39 Å². The molecule has 1 rings (SSSR count). The number of rotatable bonds is 5. The molecule has 0 heterocycles. The maximum absolute atomic E-state index is 13.2. The summed E-state index contributed by atoms with van der Waals surface area (Å²) in [5.74, 6) is -0.975. The second-order valence-corrected chi connectivity index (χ2v) is 8.48. The van der Waals surface area contributed by atoms with Gasteiger partial charge in [-0.25, -0.2) is 25.9 Å². The van der Waals surface area contributed by atoms with E-state index >= 15 is 0 Å². The van der Waals surface area contributed by atoms with E-state index in [2.05, 4.69) is 4.72 Å². The van der Waals surface area contributed by atoms with Crippen molar-refractivity contribution in [3.05, 3.63) is 29.6 Å². The van der Waals surface area contributed by atoms with E-state index in [1.807, 2.05) is 0 Å². The molecule has 0 bridgehead atoms. The maximum atomic E-state index is 13.2. The fourth-order valence-electron chi connectivity index (χ4n) is 1.68. The van der Waals surface area contributed by atoms with Crippen LogP contribution in [0, 0.1) is 12.7 Å². The van der Waals surface area contributed by atoms with Gasteiger partial charge in [-0.2, -0.15) is 0 Å². The van der Waals surface area contributed by atoms with Crippen molar-refractivity contribution in [1.82, 2.24) is 4.72 Å². The summed E-state index contributed by atoms with van der Waals surface area (Å²) in [6, 6.07) is 2.63. The topological polar surface area (TPSA) is 80.3 Å². The van der Waals surface area contributed by atoms with E-state index in [-0.39, 0.29) is 10.6 Å². The van der Waals surface area contributed by atoms with Gasteiger partial charge in [-0.15, -0.1) is 0 Å². The molecule has 0 fully saturated rings. The predicted molar refractivity (Wildman–Crippen MR) is 70.6 cm³/mol. The Balaban J connectivity index is 2.99. The van der Waals surface area contributed by atoms with Crippen LogP contribution in [0.25, 0.3) is 0 Å². The van der Waals surface area contributed by atoms with Gasteiger partial charge >= 0.3 is 0 Å². The molecule has 19 heavy (non-hydrogen) atoms. The summed E-state index contributed by atoms with van der Waals surface area (Å²) in [6.07, 6.45) is 1.02. The molecule has 0 aliphatic heterocycles. The normalized spacial score (nSPS) is 14.3. The minimum absolute atomic E-state index is 0.217. The first-order valence-electron chi connectivity index (χ1n) is 5.47. The molecule has 1 aromatic carbocycles. The molecule has 1 N–H and O–H groups in total. The second kappa shape index (κ2) is 5.56. The Kier molecular flexibility index (Phi) is 4.70. The number of sulfonamides is 1. The number of hydrogen-bond donors (Lipinski definition) is 1. The van der Waals surface area contributed by atoms with Gasteiger partial charge in [-0.3, -0.25) is 0 Å². The number of benzene rings is 1. The standard InChI is InChI=1S/C11H16FNO4S2/c1-8-4-10(12)6-11(5-8)19(16,17)13-9(2)7-18(3,14)15/h4-6,9,13H,7H2,1-3H3/t9-/m1/s1. The van der Waals surface area contributed by atoms with Crippen LogP contribution in [-0.2, 0) is 19.9 Å². The van der Waals surface area contributed by atoms with Crippen LogP contribution < -0.4 is 4.72 Å². The van der Waals surface area contributed by atoms with E-state index in [9.17, 15) is 21.2 Å². The zero-order valence-electron chi connectivity index (χ0n) is 10.8. The van der Waals surface area contributed by atoms with E-state index < -0.39 is 31.7 Å². The zero-order valence-corrected chi connectivity index (χ0v) is 12.5. The third-order valence-corrected chi connectivity index (χ3v) is 4.91. The van der Waals surface area contributed by atoms with E-state index in [1.54, 1.807) is 6.92 Å². The molecule has 0 unspecified atom stereocenters. The fraction of sp³-hybridized carbons (Fsp3) is 0.455. The molecule has 0 aliphatic carbocycles. The molecule has 0 saturated carbocycles. The smallest absolute Gasteiger partial charge is 0.229 e. The first kappa shape index (κ1) is 16.1. The largest absolute Gasteiger partial charge is 0.240 e. The Morgan fingerprint density at radius 1 is 1.21 bits per heavy atom. The van der Waals surface area contributed by atoms with E-state index in [0.29, 0.717) is 5.56 Å². The lowest BCUT2D eigenvalue weighted by Gasteiger charge is -2.13. The monoisotopic (exact) mass is 309 g/mol. The molecule has 0 spiro atoms. The van der Waals surface area contributed by atoms with Gasteiger partial charge in [0.2, 0.25) is 10.0 Å². The van der Waals surface area contributed by atoms with Crippen LogP contribution >= 0.6 is 0 Å². The number of hydrogen-bond acceptors (Lipinski definition) is 4. The molecule has 8 heteroatoms. The first-order valence-corrected chi connectivity index (χ1v) is 9.01. The lowest BCUT2D eigenvalue weighted by molar-refractivity contribution is 0.561. The van der Waals surface area contributed by atoms with Gasteiger partial charge in [0.05, 0.1) is 10.6 Å². The van der Waals surface area contributed by atoms with Gasteiger partial charge in [0.1, 0.15) is 15.7 Å². The molecule has 0 aliphatic rings. The molecule has 0 aromatic heterocycles. The Bertz CT molecular complexity index is 648. The van der Waals surface area contributed by atoms with Gasteiger partial charge < -0.3 is 0 Å². The SMILES string of the molecule is Cc1cc(F)cc(S(=O)(=O)N[C@H](C)CS(C)(=O)=O)c1. The van der Waals surface area contributed by atoms with Crippen molar-refractivity contribution < 1.29 is 21.2 Å². The van der Waals surface area contributed by atoms with Gasteiger partial charge in [0, 0.05) is 12.3 Å². The van der Waals surface area contributed by atoms with Gasteiger partial charge in [-0.1, -0.05) is 0 Å². The summed E-state index contributed by atoms with van der Waals surface area (Å²) in [7, 11) is -7.23. The number of sulfone groups is 1. The highest BCUT2D eigenvalue weighted by molar-refractivity contribution is 7.91. The summed E-state index contributed by atoms with van der Waals surface area (Å²) in [5, 5.41) is 0. The minimum atomic E-state index is -3.93. The Morgan fingerprint density at radius 2 is 1.79 bits per heavy atom. The number of aryl methyl sites for hydroxylation is 1. The van der Waals surface area contributed by atoms with Crippen molar-refractivity contribution >= 4 is 19.9 Å². The van der Waals surface area contributed by atoms with Crippen LogP contribution in [0.3, 0.4) is 0 Å². The molecule has 0 saturated heterocycles. The van der Waals surface area contributed by atoms with Gasteiger partial charge in [-0.05, 0) is 37.6 Å². The first-order chi connectivity index (χ1) is 8.49. The summed E-state index contributed by atoms with van der Waals surface area (Å²) in [6.45, 7) is 3.01. The van der Waals surface area contributed by atoms with Crippen LogP contribution in [-0.4, -0.2) is 34.9 Å². The Labute approximate surface area is 112 Å². The van der Waals surface area contributed by atoms with Crippen LogP contribution in [0.15, 0.2) is 23.1 Å². The van der Waals surface area contributed by atoms with E-state index in [1.165, 1.54) is 19.1 Å². The fourth-order valence-corrected chi connectivity index (χ4v) is 4.13. The van der Waals surface area contributed by atoms with Gasteiger partial charge in [0.25, 0.3) is 0 Å². The van der Waals surface area contributed by atoms with Crippen molar-refractivity contribution in [3.63, 3.8) is 0 Å². The summed E-state index contributed by atoms with van der Waals surface area (Å²) >= 11 is 0. The third kappa shape index (κ3) is 5.25. The number of nitrogens with one attached hydrogen (secondary N) is 1. The highest BCUT2D eigenvalue weighted by atomic mass is 32.2. The molecular weight excluding hydrogens is 293 g/mol. The Hall–Kier alpha value is -0.990.